The quantitative estimate of drug-likeness (QED) is 0.867. The Kier molecular flexibility index (Phi) is 5.03. The Morgan fingerprint density at radius 3 is 2.75 bits per heavy atom. The van der Waals surface area contributed by atoms with Gasteiger partial charge in [0.1, 0.15) is 17.7 Å². The maximum Gasteiger partial charge on any atom is 0.239 e. The molecule has 1 heterocycles. The van der Waals surface area contributed by atoms with Crippen LogP contribution < -0.4 is 10.6 Å². The third-order valence-corrected chi connectivity index (χ3v) is 3.23. The summed E-state index contributed by atoms with van der Waals surface area (Å²) in [5.41, 5.74) is 0.517. The molecule has 2 N–H and O–H groups in total. The molecular formula is C14H18F2N2O2. The predicted octanol–water partition coefficient (Wildman–Crippen LogP) is 1.00. The summed E-state index contributed by atoms with van der Waals surface area (Å²) in [5.74, 6) is -1.38. The fraction of sp³-hybridized carbons (Fsp3) is 0.500. The first-order valence-corrected chi connectivity index (χ1v) is 6.64. The van der Waals surface area contributed by atoms with E-state index >= 15 is 0 Å². The number of ether oxygens (including phenoxy) is 1. The summed E-state index contributed by atoms with van der Waals surface area (Å²) in [7, 11) is 0. The van der Waals surface area contributed by atoms with Gasteiger partial charge >= 0.3 is 0 Å². The van der Waals surface area contributed by atoms with Gasteiger partial charge in [0.05, 0.1) is 12.7 Å². The van der Waals surface area contributed by atoms with Crippen LogP contribution in [-0.2, 0) is 16.0 Å². The van der Waals surface area contributed by atoms with Crippen molar-refractivity contribution in [3.8, 4) is 0 Å². The van der Waals surface area contributed by atoms with Gasteiger partial charge in [-0.25, -0.2) is 8.78 Å². The van der Waals surface area contributed by atoms with Crippen molar-refractivity contribution in [3.05, 3.63) is 35.4 Å². The molecule has 0 bridgehead atoms. The highest BCUT2D eigenvalue weighted by Gasteiger charge is 2.27. The molecule has 1 aliphatic heterocycles. The van der Waals surface area contributed by atoms with E-state index in [1.54, 1.807) is 0 Å². The van der Waals surface area contributed by atoms with Crippen molar-refractivity contribution in [3.63, 3.8) is 0 Å². The minimum atomic E-state index is -0.609. The molecule has 1 fully saturated rings. The van der Waals surface area contributed by atoms with Crippen LogP contribution in [0.1, 0.15) is 12.5 Å². The van der Waals surface area contributed by atoms with Crippen molar-refractivity contribution in [2.45, 2.75) is 25.5 Å². The summed E-state index contributed by atoms with van der Waals surface area (Å²) in [6.07, 6.45) is 0.193. The SMILES string of the molecule is C[C@H]1OCCN[C@@H]1C(=O)NCCc1cc(F)cc(F)c1. The van der Waals surface area contributed by atoms with E-state index in [0.717, 1.165) is 6.07 Å². The van der Waals surface area contributed by atoms with Crippen LogP contribution in [0.5, 0.6) is 0 Å². The van der Waals surface area contributed by atoms with E-state index in [1.807, 2.05) is 6.92 Å². The van der Waals surface area contributed by atoms with E-state index in [9.17, 15) is 13.6 Å². The van der Waals surface area contributed by atoms with Crippen LogP contribution in [0.2, 0.25) is 0 Å². The summed E-state index contributed by atoms with van der Waals surface area (Å²) in [4.78, 5) is 11.9. The Hall–Kier alpha value is -1.53. The van der Waals surface area contributed by atoms with Crippen molar-refractivity contribution >= 4 is 5.91 Å². The van der Waals surface area contributed by atoms with Crippen molar-refractivity contribution < 1.29 is 18.3 Å². The summed E-state index contributed by atoms with van der Waals surface area (Å²) < 4.78 is 31.4. The molecule has 0 unspecified atom stereocenters. The highest BCUT2D eigenvalue weighted by molar-refractivity contribution is 5.82. The molecule has 1 aromatic carbocycles. The van der Waals surface area contributed by atoms with Gasteiger partial charge in [0.15, 0.2) is 0 Å². The van der Waals surface area contributed by atoms with Gasteiger partial charge in [-0.1, -0.05) is 0 Å². The topological polar surface area (TPSA) is 50.4 Å². The van der Waals surface area contributed by atoms with E-state index < -0.39 is 11.6 Å². The smallest absolute Gasteiger partial charge is 0.239 e. The van der Waals surface area contributed by atoms with E-state index in [2.05, 4.69) is 10.6 Å². The van der Waals surface area contributed by atoms with Gasteiger partial charge in [0.25, 0.3) is 0 Å². The highest BCUT2D eigenvalue weighted by Crippen LogP contribution is 2.08. The fourth-order valence-electron chi connectivity index (χ4n) is 2.22. The molecule has 1 saturated heterocycles. The van der Waals surface area contributed by atoms with E-state index in [1.165, 1.54) is 12.1 Å². The largest absolute Gasteiger partial charge is 0.375 e. The van der Waals surface area contributed by atoms with Crippen LogP contribution in [0.15, 0.2) is 18.2 Å². The molecule has 4 nitrogen and oxygen atoms in total. The number of amides is 1. The van der Waals surface area contributed by atoms with Gasteiger partial charge in [-0.2, -0.15) is 0 Å². The summed E-state index contributed by atoms with van der Waals surface area (Å²) >= 11 is 0. The zero-order chi connectivity index (χ0) is 14.5. The normalized spacial score (nSPS) is 22.6. The number of halogens is 2. The molecule has 2 atom stereocenters. The number of benzene rings is 1. The summed E-state index contributed by atoms with van der Waals surface area (Å²) in [5, 5.41) is 5.82. The number of morpholine rings is 1. The van der Waals surface area contributed by atoms with Crippen molar-refractivity contribution in [1.82, 2.24) is 10.6 Å². The Labute approximate surface area is 116 Å². The van der Waals surface area contributed by atoms with Gasteiger partial charge in [-0.05, 0) is 31.0 Å². The Balaban J connectivity index is 1.81. The van der Waals surface area contributed by atoms with Crippen molar-refractivity contribution in [2.24, 2.45) is 0 Å². The highest BCUT2D eigenvalue weighted by atomic mass is 19.1. The molecular weight excluding hydrogens is 266 g/mol. The zero-order valence-corrected chi connectivity index (χ0v) is 11.3. The molecule has 0 radical (unpaired) electrons. The Morgan fingerprint density at radius 2 is 2.10 bits per heavy atom. The fourth-order valence-corrected chi connectivity index (χ4v) is 2.22. The molecule has 0 aromatic heterocycles. The Bertz CT molecular complexity index is 462. The number of hydrogen-bond donors (Lipinski definition) is 2. The molecule has 1 aliphatic rings. The first kappa shape index (κ1) is 14.9. The monoisotopic (exact) mass is 284 g/mol. The number of carbonyl (C=O) groups is 1. The van der Waals surface area contributed by atoms with Crippen LogP contribution in [0.25, 0.3) is 0 Å². The molecule has 0 spiro atoms. The van der Waals surface area contributed by atoms with E-state index in [0.29, 0.717) is 31.7 Å². The lowest BCUT2D eigenvalue weighted by molar-refractivity contribution is -0.128. The van der Waals surface area contributed by atoms with Crippen LogP contribution >= 0.6 is 0 Å². The number of nitrogens with one attached hydrogen (secondary N) is 2. The van der Waals surface area contributed by atoms with Gasteiger partial charge in [-0.3, -0.25) is 4.79 Å². The lowest BCUT2D eigenvalue weighted by Gasteiger charge is -2.29. The second-order valence-electron chi connectivity index (χ2n) is 4.83. The van der Waals surface area contributed by atoms with Crippen LogP contribution in [0.3, 0.4) is 0 Å². The van der Waals surface area contributed by atoms with Gasteiger partial charge < -0.3 is 15.4 Å². The molecule has 20 heavy (non-hydrogen) atoms. The lowest BCUT2D eigenvalue weighted by Crippen LogP contribution is -2.55. The molecule has 0 aliphatic carbocycles. The number of hydrogen-bond acceptors (Lipinski definition) is 3. The molecule has 0 saturated carbocycles. The molecule has 110 valence electrons. The average molecular weight is 284 g/mol. The van der Waals surface area contributed by atoms with Crippen molar-refractivity contribution in [2.75, 3.05) is 19.7 Å². The second kappa shape index (κ2) is 6.76. The maximum atomic E-state index is 13.0. The first-order valence-electron chi connectivity index (χ1n) is 6.64. The van der Waals surface area contributed by atoms with Crippen LogP contribution in [0.4, 0.5) is 8.78 Å². The number of carbonyl (C=O) groups excluding carboxylic acids is 1. The molecule has 1 amide bonds. The third-order valence-electron chi connectivity index (χ3n) is 3.23. The van der Waals surface area contributed by atoms with Gasteiger partial charge in [0, 0.05) is 19.2 Å². The predicted molar refractivity (Wildman–Crippen MR) is 70.3 cm³/mol. The maximum absolute atomic E-state index is 13.0. The lowest BCUT2D eigenvalue weighted by atomic mass is 10.1. The molecule has 2 rings (SSSR count). The summed E-state index contributed by atoms with van der Waals surface area (Å²) in [6.45, 7) is 3.38. The average Bonchev–Trinajstić information content (AvgIpc) is 2.38. The minimum absolute atomic E-state index is 0.158. The second-order valence-corrected chi connectivity index (χ2v) is 4.83. The van der Waals surface area contributed by atoms with Crippen LogP contribution in [0, 0.1) is 11.6 Å². The first-order chi connectivity index (χ1) is 9.56. The third kappa shape index (κ3) is 3.98. The van der Waals surface area contributed by atoms with Gasteiger partial charge in [-0.15, -0.1) is 0 Å². The molecule has 6 heteroatoms. The van der Waals surface area contributed by atoms with Gasteiger partial charge in [0.2, 0.25) is 5.91 Å². The van der Waals surface area contributed by atoms with E-state index in [4.69, 9.17) is 4.74 Å². The van der Waals surface area contributed by atoms with Crippen LogP contribution in [-0.4, -0.2) is 37.7 Å². The molecule has 1 aromatic rings. The number of rotatable bonds is 4. The minimum Gasteiger partial charge on any atom is -0.375 e. The Morgan fingerprint density at radius 1 is 1.40 bits per heavy atom. The van der Waals surface area contributed by atoms with E-state index in [-0.39, 0.29) is 18.1 Å². The standard InChI is InChI=1S/C14H18F2N2O2/c1-9-13(17-4-5-20-9)14(19)18-3-2-10-6-11(15)8-12(16)7-10/h6-9,13,17H,2-5H2,1H3,(H,18,19)/t9-,13+/m1/s1. The zero-order valence-electron chi connectivity index (χ0n) is 11.3. The summed E-state index contributed by atoms with van der Waals surface area (Å²) in [6, 6.07) is 2.97. The van der Waals surface area contributed by atoms with Crippen molar-refractivity contribution in [1.29, 1.82) is 0 Å².